The summed E-state index contributed by atoms with van der Waals surface area (Å²) in [5.41, 5.74) is 8.22. The van der Waals surface area contributed by atoms with Crippen LogP contribution in [0.5, 0.6) is 0 Å². The van der Waals surface area contributed by atoms with Gasteiger partial charge in [0.1, 0.15) is 5.82 Å². The van der Waals surface area contributed by atoms with Gasteiger partial charge in [-0.25, -0.2) is 4.98 Å². The zero-order chi connectivity index (χ0) is 15.6. The van der Waals surface area contributed by atoms with Crippen LogP contribution in [0.4, 0.5) is 11.5 Å². The van der Waals surface area contributed by atoms with Crippen LogP contribution in [-0.4, -0.2) is 52.3 Å². The molecule has 128 valence electrons. The molecular weight excluding hydrogens is 312 g/mol. The summed E-state index contributed by atoms with van der Waals surface area (Å²) in [6.07, 6.45) is 6.98. The van der Waals surface area contributed by atoms with Gasteiger partial charge in [-0.1, -0.05) is 0 Å². The van der Waals surface area contributed by atoms with Gasteiger partial charge in [0.2, 0.25) is 0 Å². The zero-order valence-corrected chi connectivity index (χ0v) is 14.8. The first-order chi connectivity index (χ1) is 10.6. The van der Waals surface area contributed by atoms with E-state index in [1.54, 1.807) is 10.7 Å². The van der Waals surface area contributed by atoms with E-state index in [2.05, 4.69) is 22.4 Å². The molecule has 3 N–H and O–H groups in total. The fraction of sp³-hybridized carbons (Fsp3) is 0.625. The van der Waals surface area contributed by atoms with E-state index in [-0.39, 0.29) is 12.4 Å². The molecule has 1 aliphatic rings. The van der Waals surface area contributed by atoms with E-state index in [1.165, 1.54) is 43.4 Å². The number of quaternary nitrogens is 1. The van der Waals surface area contributed by atoms with Crippen LogP contribution in [0.3, 0.4) is 0 Å². The lowest BCUT2D eigenvalue weighted by atomic mass is 10.1. The second-order valence-corrected chi connectivity index (χ2v) is 6.75. The summed E-state index contributed by atoms with van der Waals surface area (Å²) in [5, 5.41) is 7.80. The molecule has 0 aromatic carbocycles. The molecule has 1 fully saturated rings. The molecule has 3 heterocycles. The van der Waals surface area contributed by atoms with Crippen LogP contribution in [0.15, 0.2) is 12.3 Å². The number of likely N-dealkylation sites (tertiary alicyclic amines) is 1. The number of piperidine rings is 1. The van der Waals surface area contributed by atoms with E-state index in [4.69, 9.17) is 5.73 Å². The maximum absolute atomic E-state index is 5.91. The largest absolute Gasteiger partial charge is 1.00 e. The molecule has 7 heteroatoms. The highest BCUT2D eigenvalue weighted by molar-refractivity contribution is 5.66. The summed E-state index contributed by atoms with van der Waals surface area (Å²) in [4.78, 5) is 4.44. The molecule has 2 aromatic heterocycles. The van der Waals surface area contributed by atoms with Gasteiger partial charge in [-0.2, -0.15) is 9.61 Å². The Hall–Kier alpha value is -1.53. The minimum atomic E-state index is 0. The third-order valence-corrected chi connectivity index (χ3v) is 4.70. The predicted octanol–water partition coefficient (Wildman–Crippen LogP) is -0.944. The van der Waals surface area contributed by atoms with Gasteiger partial charge < -0.3 is 27.9 Å². The quantitative estimate of drug-likeness (QED) is 0.545. The Balaban J connectivity index is 0.00000192. The Labute approximate surface area is 144 Å². The van der Waals surface area contributed by atoms with Crippen molar-refractivity contribution in [3.8, 4) is 0 Å². The van der Waals surface area contributed by atoms with Crippen molar-refractivity contribution in [2.24, 2.45) is 0 Å². The molecule has 23 heavy (non-hydrogen) atoms. The summed E-state index contributed by atoms with van der Waals surface area (Å²) >= 11 is 0. The third kappa shape index (κ3) is 4.06. The summed E-state index contributed by atoms with van der Waals surface area (Å²) in [5.74, 6) is 0.973. The molecule has 3 rings (SSSR count). The molecule has 0 bridgehead atoms. The van der Waals surface area contributed by atoms with Crippen LogP contribution in [0.1, 0.15) is 31.4 Å². The van der Waals surface area contributed by atoms with Crippen molar-refractivity contribution in [1.29, 1.82) is 0 Å². The normalized spacial score (nSPS) is 17.0. The van der Waals surface area contributed by atoms with E-state index in [1.807, 2.05) is 13.0 Å². The van der Waals surface area contributed by atoms with Gasteiger partial charge in [0.25, 0.3) is 0 Å². The number of nitrogen functional groups attached to an aromatic ring is 1. The Kier molecular flexibility index (Phi) is 5.70. The number of aromatic nitrogens is 3. The Morgan fingerprint density at radius 2 is 2.04 bits per heavy atom. The standard InChI is InChI=1S/C16H27N6.ClH/c1-13-11-15(21-16(20-13)14(17)12-19-21)18-7-6-10-22(2)8-4-3-5-9-22;/h11-12,18H,3-10,17H2,1-2H3;1H/q+1;/p-1. The number of hydrogen-bond donors (Lipinski definition) is 2. The summed E-state index contributed by atoms with van der Waals surface area (Å²) in [7, 11) is 2.39. The second kappa shape index (κ2) is 7.36. The monoisotopic (exact) mass is 338 g/mol. The molecule has 1 aliphatic heterocycles. The highest BCUT2D eigenvalue weighted by Crippen LogP contribution is 2.18. The Morgan fingerprint density at radius 3 is 2.78 bits per heavy atom. The van der Waals surface area contributed by atoms with E-state index in [0.29, 0.717) is 5.69 Å². The molecule has 2 aromatic rings. The van der Waals surface area contributed by atoms with Crippen molar-refractivity contribution in [2.45, 2.75) is 32.6 Å². The molecular formula is C16H27ClN6. The topological polar surface area (TPSA) is 68.2 Å². The lowest BCUT2D eigenvalue weighted by Crippen LogP contribution is -3.00. The van der Waals surface area contributed by atoms with Crippen LogP contribution in [0.2, 0.25) is 0 Å². The molecule has 0 spiro atoms. The summed E-state index contributed by atoms with van der Waals surface area (Å²) in [6.45, 7) is 6.83. The van der Waals surface area contributed by atoms with Crippen molar-refractivity contribution in [1.82, 2.24) is 14.6 Å². The Morgan fingerprint density at radius 1 is 1.30 bits per heavy atom. The van der Waals surface area contributed by atoms with Gasteiger partial charge in [-0.15, -0.1) is 0 Å². The van der Waals surface area contributed by atoms with E-state index in [0.717, 1.165) is 30.1 Å². The van der Waals surface area contributed by atoms with E-state index in [9.17, 15) is 0 Å². The number of hydrogen-bond acceptors (Lipinski definition) is 4. The van der Waals surface area contributed by atoms with Crippen molar-refractivity contribution in [3.05, 3.63) is 18.0 Å². The van der Waals surface area contributed by atoms with Gasteiger partial charge in [0.05, 0.1) is 38.6 Å². The first-order valence-electron chi connectivity index (χ1n) is 8.26. The lowest BCUT2D eigenvalue weighted by Gasteiger charge is -2.37. The van der Waals surface area contributed by atoms with Gasteiger partial charge in [0, 0.05) is 24.7 Å². The third-order valence-electron chi connectivity index (χ3n) is 4.70. The van der Waals surface area contributed by atoms with Crippen molar-refractivity contribution in [3.63, 3.8) is 0 Å². The minimum absolute atomic E-state index is 0. The summed E-state index contributed by atoms with van der Waals surface area (Å²) < 4.78 is 3.01. The smallest absolute Gasteiger partial charge is 0.180 e. The van der Waals surface area contributed by atoms with Gasteiger partial charge in [0.15, 0.2) is 5.65 Å². The maximum Gasteiger partial charge on any atom is 0.180 e. The van der Waals surface area contributed by atoms with Gasteiger partial charge >= 0.3 is 0 Å². The molecule has 1 saturated heterocycles. The number of halogens is 1. The van der Waals surface area contributed by atoms with Crippen LogP contribution >= 0.6 is 0 Å². The lowest BCUT2D eigenvalue weighted by molar-refractivity contribution is -0.914. The predicted molar refractivity (Wildman–Crippen MR) is 89.9 cm³/mol. The van der Waals surface area contributed by atoms with Crippen LogP contribution in [0, 0.1) is 6.92 Å². The van der Waals surface area contributed by atoms with Crippen LogP contribution in [0.25, 0.3) is 5.65 Å². The van der Waals surface area contributed by atoms with E-state index < -0.39 is 0 Å². The molecule has 0 atom stereocenters. The molecule has 6 nitrogen and oxygen atoms in total. The fourth-order valence-electron chi connectivity index (χ4n) is 3.40. The second-order valence-electron chi connectivity index (χ2n) is 6.75. The number of anilines is 2. The van der Waals surface area contributed by atoms with Crippen molar-refractivity contribution >= 4 is 17.2 Å². The van der Waals surface area contributed by atoms with Gasteiger partial charge in [-0.05, 0) is 26.2 Å². The average molecular weight is 339 g/mol. The molecule has 0 saturated carbocycles. The van der Waals surface area contributed by atoms with Crippen LogP contribution < -0.4 is 23.5 Å². The number of fused-ring (bicyclic) bond motifs is 1. The van der Waals surface area contributed by atoms with Crippen LogP contribution in [-0.2, 0) is 0 Å². The molecule has 0 amide bonds. The van der Waals surface area contributed by atoms with E-state index >= 15 is 0 Å². The highest BCUT2D eigenvalue weighted by atomic mass is 35.5. The number of nitrogens with one attached hydrogen (secondary N) is 1. The molecule has 0 radical (unpaired) electrons. The number of rotatable bonds is 5. The zero-order valence-electron chi connectivity index (χ0n) is 14.1. The van der Waals surface area contributed by atoms with Gasteiger partial charge in [-0.3, -0.25) is 0 Å². The molecule has 0 aliphatic carbocycles. The fourth-order valence-corrected chi connectivity index (χ4v) is 3.40. The molecule has 0 unspecified atom stereocenters. The highest BCUT2D eigenvalue weighted by Gasteiger charge is 2.23. The first kappa shape index (κ1) is 17.8. The number of aryl methyl sites for hydroxylation is 1. The summed E-state index contributed by atoms with van der Waals surface area (Å²) in [6, 6.07) is 2.02. The van der Waals surface area contributed by atoms with Crippen molar-refractivity contribution in [2.75, 3.05) is 44.3 Å². The average Bonchev–Trinajstić information content (AvgIpc) is 2.86. The maximum atomic E-state index is 5.91. The first-order valence-corrected chi connectivity index (χ1v) is 8.26. The minimum Gasteiger partial charge on any atom is -1.00 e. The Bertz CT molecular complexity index is 647. The number of nitrogens with zero attached hydrogens (tertiary/aromatic N) is 4. The van der Waals surface area contributed by atoms with Crippen molar-refractivity contribution < 1.29 is 16.9 Å². The SMILES string of the molecule is Cc1cc(NCCC[N+]2(C)CCCCC2)n2ncc(N)c2n1.[Cl-]. The number of nitrogens with two attached hydrogens (primary N) is 1.